The van der Waals surface area contributed by atoms with Gasteiger partial charge in [-0.1, -0.05) is 0 Å². The van der Waals surface area contributed by atoms with Crippen molar-refractivity contribution < 1.29 is 14.3 Å². The summed E-state index contributed by atoms with van der Waals surface area (Å²) in [5, 5.41) is 24.1. The molecule has 0 fully saturated rings. The number of anilines is 3. The van der Waals surface area contributed by atoms with Crippen molar-refractivity contribution in [1.29, 1.82) is 0 Å². The SMILES string of the molecule is Nc1nc(Nc2ccc([N+](=O)[O-])cc2)nc(-c2ccc([N+](=O)[O-])o2)n1. The summed E-state index contributed by atoms with van der Waals surface area (Å²) in [5.41, 5.74) is 6.03. The van der Waals surface area contributed by atoms with E-state index in [2.05, 4.69) is 20.3 Å². The van der Waals surface area contributed by atoms with Crippen molar-refractivity contribution in [2.45, 2.75) is 0 Å². The highest BCUT2D eigenvalue weighted by Gasteiger charge is 2.16. The van der Waals surface area contributed by atoms with Gasteiger partial charge in [0.05, 0.1) is 11.0 Å². The van der Waals surface area contributed by atoms with Crippen LogP contribution in [0.25, 0.3) is 11.6 Å². The molecule has 0 unspecified atom stereocenters. The number of nitrogen functional groups attached to an aromatic ring is 1. The molecule has 126 valence electrons. The number of nitro groups is 2. The normalized spacial score (nSPS) is 10.4. The third-order valence-corrected chi connectivity index (χ3v) is 2.98. The highest BCUT2D eigenvalue weighted by Crippen LogP contribution is 2.25. The van der Waals surface area contributed by atoms with Crippen LogP contribution in [0.3, 0.4) is 0 Å². The summed E-state index contributed by atoms with van der Waals surface area (Å²) in [7, 11) is 0. The number of nitrogens with two attached hydrogens (primary N) is 1. The van der Waals surface area contributed by atoms with Gasteiger partial charge in [0.1, 0.15) is 4.92 Å². The van der Waals surface area contributed by atoms with Crippen LogP contribution in [-0.4, -0.2) is 24.8 Å². The molecule has 3 aromatic rings. The maximum absolute atomic E-state index is 10.7. The smallest absolute Gasteiger partial charge is 0.397 e. The van der Waals surface area contributed by atoms with Gasteiger partial charge < -0.3 is 15.5 Å². The zero-order chi connectivity index (χ0) is 18.0. The molecule has 12 nitrogen and oxygen atoms in total. The number of nitrogens with one attached hydrogen (secondary N) is 1. The van der Waals surface area contributed by atoms with Crippen molar-refractivity contribution in [3.8, 4) is 11.6 Å². The molecule has 3 N–H and O–H groups in total. The first kappa shape index (κ1) is 15.8. The molecule has 0 bridgehead atoms. The van der Waals surface area contributed by atoms with E-state index < -0.39 is 15.7 Å². The quantitative estimate of drug-likeness (QED) is 0.516. The Morgan fingerprint density at radius 2 is 1.68 bits per heavy atom. The van der Waals surface area contributed by atoms with E-state index in [4.69, 9.17) is 10.2 Å². The number of benzene rings is 1. The van der Waals surface area contributed by atoms with Gasteiger partial charge in [0, 0.05) is 17.8 Å². The van der Waals surface area contributed by atoms with Crippen molar-refractivity contribution >= 4 is 29.2 Å². The average Bonchev–Trinajstić information content (AvgIpc) is 3.05. The summed E-state index contributed by atoms with van der Waals surface area (Å²) in [6.45, 7) is 0. The largest absolute Gasteiger partial charge is 0.433 e. The molecule has 2 aromatic heterocycles. The van der Waals surface area contributed by atoms with Gasteiger partial charge in [0.2, 0.25) is 17.7 Å². The minimum absolute atomic E-state index is 0.00464. The van der Waals surface area contributed by atoms with Gasteiger partial charge >= 0.3 is 5.88 Å². The fourth-order valence-electron chi connectivity index (χ4n) is 1.90. The van der Waals surface area contributed by atoms with Crippen molar-refractivity contribution in [2.75, 3.05) is 11.1 Å². The number of nitro benzene ring substituents is 1. The Kier molecular flexibility index (Phi) is 3.91. The predicted octanol–water partition coefficient (Wildman–Crippen LogP) is 2.27. The molecule has 0 saturated carbocycles. The lowest BCUT2D eigenvalue weighted by Gasteiger charge is -2.06. The van der Waals surface area contributed by atoms with Crippen molar-refractivity contribution in [3.05, 3.63) is 56.6 Å². The molecule has 1 aromatic carbocycles. The Morgan fingerprint density at radius 3 is 2.28 bits per heavy atom. The Hall–Kier alpha value is -4.09. The fraction of sp³-hybridized carbons (Fsp3) is 0. The van der Waals surface area contributed by atoms with Crippen LogP contribution in [0.5, 0.6) is 0 Å². The second kappa shape index (κ2) is 6.19. The number of hydrogen-bond donors (Lipinski definition) is 2. The lowest BCUT2D eigenvalue weighted by atomic mass is 10.3. The standard InChI is InChI=1S/C13H9N7O5/c14-12-16-11(9-5-6-10(25-9)20(23)24)17-13(18-12)15-7-1-3-8(4-2-7)19(21)22/h1-6H,(H3,14,15,16,17,18). The number of furan rings is 1. The molecule has 0 aliphatic heterocycles. The van der Waals surface area contributed by atoms with Crippen molar-refractivity contribution in [1.82, 2.24) is 15.0 Å². The molecule has 0 amide bonds. The number of aromatic nitrogens is 3. The summed E-state index contributed by atoms with van der Waals surface area (Å²) in [6, 6.07) is 8.06. The topological polar surface area (TPSA) is 176 Å². The zero-order valence-electron chi connectivity index (χ0n) is 12.3. The van der Waals surface area contributed by atoms with Crippen LogP contribution < -0.4 is 11.1 Å². The van der Waals surface area contributed by atoms with E-state index in [0.717, 1.165) is 0 Å². The minimum Gasteiger partial charge on any atom is -0.397 e. The number of nitrogens with zero attached hydrogens (tertiary/aromatic N) is 5. The van der Waals surface area contributed by atoms with Gasteiger partial charge in [-0.25, -0.2) is 0 Å². The second-order valence-electron chi connectivity index (χ2n) is 4.66. The fourth-order valence-corrected chi connectivity index (χ4v) is 1.90. The summed E-state index contributed by atoms with van der Waals surface area (Å²) < 4.78 is 5.02. The predicted molar refractivity (Wildman–Crippen MR) is 85.0 cm³/mol. The molecule has 0 aliphatic carbocycles. The Morgan fingerprint density at radius 1 is 0.960 bits per heavy atom. The molecule has 2 heterocycles. The molecule has 12 heteroatoms. The molecule has 0 saturated heterocycles. The van der Waals surface area contributed by atoms with E-state index in [-0.39, 0.29) is 29.2 Å². The molecule has 3 rings (SSSR count). The Bertz CT molecular complexity index is 954. The van der Waals surface area contributed by atoms with Crippen LogP contribution in [0.1, 0.15) is 0 Å². The van der Waals surface area contributed by atoms with E-state index in [1.54, 1.807) is 0 Å². The molecule has 0 spiro atoms. The first-order valence-corrected chi connectivity index (χ1v) is 6.70. The molecule has 0 aliphatic rings. The molecule has 0 radical (unpaired) electrons. The zero-order valence-corrected chi connectivity index (χ0v) is 12.3. The van der Waals surface area contributed by atoms with Gasteiger partial charge in [0.25, 0.3) is 5.69 Å². The van der Waals surface area contributed by atoms with Crippen LogP contribution in [0.15, 0.2) is 40.8 Å². The van der Waals surface area contributed by atoms with Gasteiger partial charge in [-0.2, -0.15) is 15.0 Å². The van der Waals surface area contributed by atoms with E-state index in [1.807, 2.05) is 0 Å². The maximum Gasteiger partial charge on any atom is 0.433 e. The van der Waals surface area contributed by atoms with Crippen LogP contribution in [0.4, 0.5) is 29.2 Å². The number of hydrogen-bond acceptors (Lipinski definition) is 10. The average molecular weight is 343 g/mol. The molecular weight excluding hydrogens is 334 g/mol. The van der Waals surface area contributed by atoms with Crippen LogP contribution >= 0.6 is 0 Å². The van der Waals surface area contributed by atoms with Gasteiger partial charge in [-0.05, 0) is 18.2 Å². The second-order valence-corrected chi connectivity index (χ2v) is 4.66. The van der Waals surface area contributed by atoms with E-state index in [1.165, 1.54) is 36.4 Å². The highest BCUT2D eigenvalue weighted by molar-refractivity contribution is 5.59. The monoisotopic (exact) mass is 343 g/mol. The first-order valence-electron chi connectivity index (χ1n) is 6.70. The van der Waals surface area contributed by atoms with Gasteiger partial charge in [-0.15, -0.1) is 0 Å². The third-order valence-electron chi connectivity index (χ3n) is 2.98. The summed E-state index contributed by atoms with van der Waals surface area (Å²) in [5.74, 6) is -0.486. The first-order chi connectivity index (χ1) is 11.9. The van der Waals surface area contributed by atoms with Gasteiger partial charge in [-0.3, -0.25) is 20.2 Å². The Balaban J connectivity index is 1.88. The van der Waals surface area contributed by atoms with Crippen LogP contribution in [-0.2, 0) is 0 Å². The van der Waals surface area contributed by atoms with Gasteiger partial charge in [0.15, 0.2) is 5.76 Å². The maximum atomic E-state index is 10.7. The molecule has 0 atom stereocenters. The van der Waals surface area contributed by atoms with Crippen molar-refractivity contribution in [2.24, 2.45) is 0 Å². The van der Waals surface area contributed by atoms with Crippen LogP contribution in [0, 0.1) is 20.2 Å². The van der Waals surface area contributed by atoms with E-state index in [0.29, 0.717) is 5.69 Å². The van der Waals surface area contributed by atoms with Crippen molar-refractivity contribution in [3.63, 3.8) is 0 Å². The summed E-state index contributed by atoms with van der Waals surface area (Å²) in [6.07, 6.45) is 0. The lowest BCUT2D eigenvalue weighted by molar-refractivity contribution is -0.401. The number of non-ortho nitro benzene ring substituents is 1. The molecule has 25 heavy (non-hydrogen) atoms. The highest BCUT2D eigenvalue weighted by atomic mass is 16.6. The summed E-state index contributed by atoms with van der Waals surface area (Å²) in [4.78, 5) is 31.9. The summed E-state index contributed by atoms with van der Waals surface area (Å²) >= 11 is 0. The lowest BCUT2D eigenvalue weighted by Crippen LogP contribution is -2.04. The molecular formula is C13H9N7O5. The van der Waals surface area contributed by atoms with E-state index in [9.17, 15) is 20.2 Å². The number of rotatable bonds is 5. The Labute approximate surface area is 138 Å². The third kappa shape index (κ3) is 3.47. The van der Waals surface area contributed by atoms with E-state index >= 15 is 0 Å². The minimum atomic E-state index is -0.690. The van der Waals surface area contributed by atoms with Crippen LogP contribution in [0.2, 0.25) is 0 Å².